The predicted octanol–water partition coefficient (Wildman–Crippen LogP) is 2.83. The van der Waals surface area contributed by atoms with Crippen LogP contribution in [0.5, 0.6) is 11.5 Å². The van der Waals surface area contributed by atoms with Gasteiger partial charge >= 0.3 is 0 Å². The molecule has 2 nitrogen and oxygen atoms in total. The maximum Gasteiger partial charge on any atom is 0.122 e. The Morgan fingerprint density at radius 2 is 1.93 bits per heavy atom. The van der Waals surface area contributed by atoms with E-state index in [4.69, 9.17) is 0 Å². The molecule has 1 rings (SSSR count). The van der Waals surface area contributed by atoms with Gasteiger partial charge in [-0.1, -0.05) is 12.2 Å². The minimum atomic E-state index is 0.250. The lowest BCUT2D eigenvalue weighted by molar-refractivity contribution is 0.448. The van der Waals surface area contributed by atoms with Gasteiger partial charge in [-0.25, -0.2) is 0 Å². The fourth-order valence-corrected chi connectivity index (χ4v) is 1.44. The van der Waals surface area contributed by atoms with E-state index < -0.39 is 0 Å². The Kier molecular flexibility index (Phi) is 3.18. The highest BCUT2D eigenvalue weighted by molar-refractivity contribution is 5.52. The van der Waals surface area contributed by atoms with E-state index in [0.29, 0.717) is 17.7 Å². The standard InChI is InChI=1S/C12H16O2/c1-4-5-6-10-9(3)11(13)7-8(2)12(10)14/h4-5,7,13-14H,6H2,1-3H3/b5-4-. The van der Waals surface area contributed by atoms with Crippen molar-refractivity contribution in [2.75, 3.05) is 0 Å². The van der Waals surface area contributed by atoms with Gasteiger partial charge in [-0.15, -0.1) is 0 Å². The van der Waals surface area contributed by atoms with Crippen molar-refractivity contribution in [2.24, 2.45) is 0 Å². The summed E-state index contributed by atoms with van der Waals surface area (Å²) in [6.45, 7) is 5.53. The Morgan fingerprint density at radius 3 is 2.50 bits per heavy atom. The number of allylic oxidation sites excluding steroid dienone is 2. The minimum absolute atomic E-state index is 0.250. The van der Waals surface area contributed by atoms with Crippen LogP contribution in [0.25, 0.3) is 0 Å². The van der Waals surface area contributed by atoms with Gasteiger partial charge in [0.15, 0.2) is 0 Å². The summed E-state index contributed by atoms with van der Waals surface area (Å²) in [5.41, 5.74) is 2.28. The molecule has 0 spiro atoms. The zero-order valence-corrected chi connectivity index (χ0v) is 8.83. The zero-order valence-electron chi connectivity index (χ0n) is 8.83. The molecule has 0 aliphatic carbocycles. The van der Waals surface area contributed by atoms with Crippen LogP contribution in [-0.2, 0) is 6.42 Å². The Bertz CT molecular complexity index is 339. The van der Waals surface area contributed by atoms with Gasteiger partial charge in [0, 0.05) is 5.56 Å². The Labute approximate surface area is 84.5 Å². The largest absolute Gasteiger partial charge is 0.508 e. The maximum absolute atomic E-state index is 9.78. The molecule has 0 saturated heterocycles. The van der Waals surface area contributed by atoms with Crippen molar-refractivity contribution in [3.8, 4) is 11.5 Å². The fraction of sp³-hybridized carbons (Fsp3) is 0.333. The quantitative estimate of drug-likeness (QED) is 0.558. The number of phenolic OH excluding ortho intramolecular Hbond substituents is 2. The van der Waals surface area contributed by atoms with Crippen LogP contribution in [0, 0.1) is 13.8 Å². The normalized spacial score (nSPS) is 11.1. The van der Waals surface area contributed by atoms with Crippen molar-refractivity contribution in [1.29, 1.82) is 0 Å². The second-order valence-corrected chi connectivity index (χ2v) is 3.44. The molecule has 0 bridgehead atoms. The first-order valence-electron chi connectivity index (χ1n) is 4.70. The zero-order chi connectivity index (χ0) is 10.7. The van der Waals surface area contributed by atoms with E-state index in [0.717, 1.165) is 11.1 Å². The Hall–Kier alpha value is -1.44. The van der Waals surface area contributed by atoms with Crippen LogP contribution in [0.15, 0.2) is 18.2 Å². The number of phenols is 2. The van der Waals surface area contributed by atoms with E-state index in [1.165, 1.54) is 0 Å². The molecule has 0 aliphatic heterocycles. The number of rotatable bonds is 2. The second kappa shape index (κ2) is 4.18. The van der Waals surface area contributed by atoms with Gasteiger partial charge in [0.05, 0.1) is 0 Å². The molecule has 0 amide bonds. The van der Waals surface area contributed by atoms with Crippen LogP contribution in [0.2, 0.25) is 0 Å². The van der Waals surface area contributed by atoms with Crippen molar-refractivity contribution in [2.45, 2.75) is 27.2 Å². The average Bonchev–Trinajstić information content (AvgIpc) is 2.15. The molecule has 0 aliphatic rings. The van der Waals surface area contributed by atoms with E-state index in [1.807, 2.05) is 26.0 Å². The molecular formula is C12H16O2. The minimum Gasteiger partial charge on any atom is -0.508 e. The molecule has 0 fully saturated rings. The van der Waals surface area contributed by atoms with E-state index in [1.54, 1.807) is 13.0 Å². The first kappa shape index (κ1) is 10.6. The summed E-state index contributed by atoms with van der Waals surface area (Å²) in [6.07, 6.45) is 4.54. The lowest BCUT2D eigenvalue weighted by atomic mass is 10.00. The lowest BCUT2D eigenvalue weighted by Crippen LogP contribution is -1.91. The monoisotopic (exact) mass is 192 g/mol. The van der Waals surface area contributed by atoms with Crippen molar-refractivity contribution < 1.29 is 10.2 Å². The van der Waals surface area contributed by atoms with Crippen LogP contribution < -0.4 is 0 Å². The Balaban J connectivity index is 3.24. The molecule has 0 radical (unpaired) electrons. The van der Waals surface area contributed by atoms with Gasteiger partial charge in [0.2, 0.25) is 0 Å². The molecular weight excluding hydrogens is 176 g/mol. The molecule has 14 heavy (non-hydrogen) atoms. The first-order chi connectivity index (χ1) is 6.57. The van der Waals surface area contributed by atoms with Gasteiger partial charge in [-0.2, -0.15) is 0 Å². The van der Waals surface area contributed by atoms with Gasteiger partial charge in [0.1, 0.15) is 11.5 Å². The molecule has 1 aromatic carbocycles. The molecule has 0 atom stereocenters. The van der Waals surface area contributed by atoms with Gasteiger partial charge in [-0.3, -0.25) is 0 Å². The summed E-state index contributed by atoms with van der Waals surface area (Å²) in [6, 6.07) is 1.59. The number of hydrogen-bond acceptors (Lipinski definition) is 2. The second-order valence-electron chi connectivity index (χ2n) is 3.44. The summed E-state index contributed by atoms with van der Waals surface area (Å²) < 4.78 is 0. The van der Waals surface area contributed by atoms with Crippen LogP contribution in [0.3, 0.4) is 0 Å². The number of aryl methyl sites for hydroxylation is 1. The van der Waals surface area contributed by atoms with Crippen LogP contribution in [0.4, 0.5) is 0 Å². The molecule has 2 heteroatoms. The topological polar surface area (TPSA) is 40.5 Å². The summed E-state index contributed by atoms with van der Waals surface area (Å²) in [5, 5.41) is 19.4. The number of benzene rings is 1. The molecule has 0 aromatic heterocycles. The van der Waals surface area contributed by atoms with E-state index in [9.17, 15) is 10.2 Å². The van der Waals surface area contributed by atoms with Crippen molar-refractivity contribution in [3.63, 3.8) is 0 Å². The highest BCUT2D eigenvalue weighted by atomic mass is 16.3. The van der Waals surface area contributed by atoms with Crippen molar-refractivity contribution in [3.05, 3.63) is 34.9 Å². The summed E-state index contributed by atoms with van der Waals surface area (Å²) in [5.74, 6) is 0.540. The number of hydrogen-bond donors (Lipinski definition) is 2. The predicted molar refractivity (Wildman–Crippen MR) is 57.8 cm³/mol. The smallest absolute Gasteiger partial charge is 0.122 e. The van der Waals surface area contributed by atoms with Gasteiger partial charge in [-0.05, 0) is 44.4 Å². The summed E-state index contributed by atoms with van der Waals surface area (Å²) in [7, 11) is 0. The summed E-state index contributed by atoms with van der Waals surface area (Å²) in [4.78, 5) is 0. The lowest BCUT2D eigenvalue weighted by Gasteiger charge is -2.10. The third-order valence-corrected chi connectivity index (χ3v) is 2.41. The molecule has 0 unspecified atom stereocenters. The van der Waals surface area contributed by atoms with Crippen LogP contribution in [-0.4, -0.2) is 10.2 Å². The third-order valence-electron chi connectivity index (χ3n) is 2.41. The van der Waals surface area contributed by atoms with Gasteiger partial charge in [0.25, 0.3) is 0 Å². The highest BCUT2D eigenvalue weighted by Gasteiger charge is 2.10. The van der Waals surface area contributed by atoms with Gasteiger partial charge < -0.3 is 10.2 Å². The first-order valence-corrected chi connectivity index (χ1v) is 4.70. The highest BCUT2D eigenvalue weighted by Crippen LogP contribution is 2.32. The maximum atomic E-state index is 9.78. The Morgan fingerprint density at radius 1 is 1.29 bits per heavy atom. The number of aromatic hydroxyl groups is 2. The molecule has 0 saturated carbocycles. The summed E-state index contributed by atoms with van der Waals surface area (Å²) >= 11 is 0. The van der Waals surface area contributed by atoms with Crippen LogP contribution in [0.1, 0.15) is 23.6 Å². The fourth-order valence-electron chi connectivity index (χ4n) is 1.44. The van der Waals surface area contributed by atoms with E-state index in [2.05, 4.69) is 0 Å². The third kappa shape index (κ3) is 1.90. The van der Waals surface area contributed by atoms with E-state index in [-0.39, 0.29) is 5.75 Å². The molecule has 2 N–H and O–H groups in total. The average molecular weight is 192 g/mol. The SMILES string of the molecule is C/C=C\Cc1c(C)c(O)cc(C)c1O. The molecule has 76 valence electrons. The van der Waals surface area contributed by atoms with Crippen molar-refractivity contribution >= 4 is 0 Å². The van der Waals surface area contributed by atoms with Crippen molar-refractivity contribution in [1.82, 2.24) is 0 Å². The molecule has 1 aromatic rings. The van der Waals surface area contributed by atoms with Crippen LogP contribution >= 0.6 is 0 Å². The van der Waals surface area contributed by atoms with E-state index >= 15 is 0 Å². The molecule has 0 heterocycles.